The monoisotopic (exact) mass is 213 g/mol. The van der Waals surface area contributed by atoms with Crippen molar-refractivity contribution in [2.75, 3.05) is 13.2 Å². The fourth-order valence-corrected chi connectivity index (χ4v) is 1.72. The fourth-order valence-electron chi connectivity index (χ4n) is 1.72. The first-order valence-electron chi connectivity index (χ1n) is 5.43. The minimum atomic E-state index is -0.389. The number of unbranched alkanes of at least 4 members (excludes halogenated alkanes) is 1. The summed E-state index contributed by atoms with van der Waals surface area (Å²) >= 11 is 0. The molecular formula is C11H19NO3. The maximum atomic E-state index is 11.6. The Balaban J connectivity index is 2.48. The lowest BCUT2D eigenvalue weighted by atomic mass is 10.0. The number of nitrogens with zero attached hydrogens (tertiary/aromatic N) is 1. The number of hydrogen-bond donors (Lipinski definition) is 0. The maximum Gasteiger partial charge on any atom is 0.410 e. The molecule has 0 spiro atoms. The van der Waals surface area contributed by atoms with Crippen LogP contribution in [0.1, 0.15) is 40.0 Å². The molecule has 0 unspecified atom stereocenters. The largest absolute Gasteiger partial charge is 0.449 e. The highest BCUT2D eigenvalue weighted by Gasteiger charge is 2.41. The summed E-state index contributed by atoms with van der Waals surface area (Å²) in [7, 11) is 0. The molecule has 1 aliphatic rings. The molecule has 86 valence electrons. The van der Waals surface area contributed by atoms with E-state index in [1.165, 1.54) is 4.90 Å². The van der Waals surface area contributed by atoms with Gasteiger partial charge in [0.2, 0.25) is 0 Å². The molecule has 0 N–H and O–H groups in total. The summed E-state index contributed by atoms with van der Waals surface area (Å²) in [6.07, 6.45) is 1.93. The number of carbonyl (C=O) groups is 2. The second-order valence-electron chi connectivity index (χ2n) is 4.58. The lowest BCUT2D eigenvalue weighted by Gasteiger charge is -2.29. The van der Waals surface area contributed by atoms with Crippen LogP contribution in [-0.2, 0) is 9.53 Å². The molecule has 0 radical (unpaired) electrons. The standard InChI is InChI=1S/C11H19NO3/c1-4-5-6-15-10(14)12-8-9(13)7-11(12,2)3/h4-8H2,1-3H3. The van der Waals surface area contributed by atoms with Gasteiger partial charge in [-0.15, -0.1) is 0 Å². The summed E-state index contributed by atoms with van der Waals surface area (Å²) in [6, 6.07) is 0. The molecule has 1 fully saturated rings. The van der Waals surface area contributed by atoms with E-state index < -0.39 is 0 Å². The first-order valence-corrected chi connectivity index (χ1v) is 5.43. The van der Waals surface area contributed by atoms with Crippen LogP contribution < -0.4 is 0 Å². The Kier molecular flexibility index (Phi) is 3.72. The second-order valence-corrected chi connectivity index (χ2v) is 4.58. The number of ether oxygens (including phenoxy) is 1. The smallest absolute Gasteiger partial charge is 0.410 e. The number of ketones is 1. The molecule has 0 aromatic heterocycles. The highest BCUT2D eigenvalue weighted by Crippen LogP contribution is 2.26. The zero-order valence-corrected chi connectivity index (χ0v) is 9.71. The number of likely N-dealkylation sites (tertiary alicyclic amines) is 1. The van der Waals surface area contributed by atoms with Gasteiger partial charge in [0.15, 0.2) is 5.78 Å². The molecule has 4 heteroatoms. The lowest BCUT2D eigenvalue weighted by Crippen LogP contribution is -2.43. The quantitative estimate of drug-likeness (QED) is 0.673. The third-order valence-corrected chi connectivity index (χ3v) is 2.64. The highest BCUT2D eigenvalue weighted by atomic mass is 16.6. The molecule has 1 saturated heterocycles. The van der Waals surface area contributed by atoms with Crippen molar-refractivity contribution in [2.45, 2.75) is 45.6 Å². The zero-order chi connectivity index (χ0) is 11.5. The Morgan fingerprint density at radius 1 is 1.53 bits per heavy atom. The van der Waals surface area contributed by atoms with Crippen LogP contribution in [0.15, 0.2) is 0 Å². The van der Waals surface area contributed by atoms with Crippen molar-refractivity contribution >= 4 is 11.9 Å². The van der Waals surface area contributed by atoms with Crippen LogP contribution in [0.3, 0.4) is 0 Å². The summed E-state index contributed by atoms with van der Waals surface area (Å²) in [4.78, 5) is 24.4. The van der Waals surface area contributed by atoms with Gasteiger partial charge in [0.1, 0.15) is 0 Å². The Morgan fingerprint density at radius 3 is 2.67 bits per heavy atom. The van der Waals surface area contributed by atoms with Crippen LogP contribution in [0, 0.1) is 0 Å². The molecule has 0 aromatic rings. The predicted octanol–water partition coefficient (Wildman–Crippen LogP) is 1.98. The van der Waals surface area contributed by atoms with Crippen molar-refractivity contribution in [2.24, 2.45) is 0 Å². The van der Waals surface area contributed by atoms with Gasteiger partial charge in [-0.3, -0.25) is 9.69 Å². The van der Waals surface area contributed by atoms with E-state index in [4.69, 9.17) is 4.74 Å². The van der Waals surface area contributed by atoms with Gasteiger partial charge in [-0.05, 0) is 20.3 Å². The van der Waals surface area contributed by atoms with Crippen LogP contribution in [0.25, 0.3) is 0 Å². The zero-order valence-electron chi connectivity index (χ0n) is 9.71. The van der Waals surface area contributed by atoms with Crippen molar-refractivity contribution in [3.05, 3.63) is 0 Å². The van der Waals surface area contributed by atoms with E-state index in [-0.39, 0.29) is 24.0 Å². The fraction of sp³-hybridized carbons (Fsp3) is 0.818. The first kappa shape index (κ1) is 12.0. The molecule has 15 heavy (non-hydrogen) atoms. The van der Waals surface area contributed by atoms with Crippen molar-refractivity contribution in [1.29, 1.82) is 0 Å². The van der Waals surface area contributed by atoms with Crippen molar-refractivity contribution < 1.29 is 14.3 Å². The van der Waals surface area contributed by atoms with Gasteiger partial charge in [-0.1, -0.05) is 13.3 Å². The normalized spacial score (nSPS) is 19.4. The van der Waals surface area contributed by atoms with E-state index in [9.17, 15) is 9.59 Å². The Labute approximate surface area is 90.6 Å². The molecule has 0 aromatic carbocycles. The third kappa shape index (κ3) is 2.94. The van der Waals surface area contributed by atoms with Crippen molar-refractivity contribution in [3.63, 3.8) is 0 Å². The van der Waals surface area contributed by atoms with Gasteiger partial charge in [0, 0.05) is 12.0 Å². The molecule has 4 nitrogen and oxygen atoms in total. The molecule has 0 aliphatic carbocycles. The molecular weight excluding hydrogens is 194 g/mol. The van der Waals surface area contributed by atoms with Gasteiger partial charge < -0.3 is 4.74 Å². The Bertz CT molecular complexity index is 261. The summed E-state index contributed by atoms with van der Waals surface area (Å²) in [5.41, 5.74) is -0.389. The van der Waals surface area contributed by atoms with Gasteiger partial charge in [0.05, 0.1) is 13.2 Å². The number of hydrogen-bond acceptors (Lipinski definition) is 3. The van der Waals surface area contributed by atoms with Crippen LogP contribution in [0.5, 0.6) is 0 Å². The molecule has 1 aliphatic heterocycles. The van der Waals surface area contributed by atoms with E-state index in [1.54, 1.807) is 0 Å². The predicted molar refractivity (Wildman–Crippen MR) is 56.7 cm³/mol. The third-order valence-electron chi connectivity index (χ3n) is 2.64. The van der Waals surface area contributed by atoms with Crippen LogP contribution in [0.2, 0.25) is 0 Å². The summed E-state index contributed by atoms with van der Waals surface area (Å²) in [5, 5.41) is 0. The number of rotatable bonds is 3. The van der Waals surface area contributed by atoms with Crippen LogP contribution in [-0.4, -0.2) is 35.5 Å². The van der Waals surface area contributed by atoms with Gasteiger partial charge in [-0.2, -0.15) is 0 Å². The van der Waals surface area contributed by atoms with E-state index in [2.05, 4.69) is 0 Å². The number of amides is 1. The number of Topliss-reactive ketones (excluding diaryl/α,β-unsaturated/α-hetero) is 1. The molecule has 1 amide bonds. The molecule has 0 bridgehead atoms. The SMILES string of the molecule is CCCCOC(=O)N1CC(=O)CC1(C)C. The van der Waals surface area contributed by atoms with Crippen LogP contribution >= 0.6 is 0 Å². The molecule has 1 rings (SSSR count). The van der Waals surface area contributed by atoms with Gasteiger partial charge in [-0.25, -0.2) is 4.79 Å². The number of carbonyl (C=O) groups excluding carboxylic acids is 2. The topological polar surface area (TPSA) is 46.6 Å². The molecule has 0 saturated carbocycles. The molecule has 1 heterocycles. The van der Waals surface area contributed by atoms with E-state index in [0.29, 0.717) is 13.0 Å². The first-order chi connectivity index (χ1) is 6.97. The van der Waals surface area contributed by atoms with E-state index >= 15 is 0 Å². The summed E-state index contributed by atoms with van der Waals surface area (Å²) in [6.45, 7) is 6.45. The highest BCUT2D eigenvalue weighted by molar-refractivity contribution is 5.89. The average molecular weight is 213 g/mol. The Hall–Kier alpha value is -1.06. The minimum Gasteiger partial charge on any atom is -0.449 e. The van der Waals surface area contributed by atoms with Crippen LogP contribution in [0.4, 0.5) is 4.79 Å². The summed E-state index contributed by atoms with van der Waals surface area (Å²) < 4.78 is 5.09. The van der Waals surface area contributed by atoms with Crippen molar-refractivity contribution in [1.82, 2.24) is 4.90 Å². The van der Waals surface area contributed by atoms with Gasteiger partial charge in [0.25, 0.3) is 0 Å². The Morgan fingerprint density at radius 2 is 2.20 bits per heavy atom. The average Bonchev–Trinajstić information content (AvgIpc) is 2.39. The molecule has 0 atom stereocenters. The second kappa shape index (κ2) is 4.64. The van der Waals surface area contributed by atoms with E-state index in [0.717, 1.165) is 12.8 Å². The van der Waals surface area contributed by atoms with Gasteiger partial charge >= 0.3 is 6.09 Å². The van der Waals surface area contributed by atoms with Crippen molar-refractivity contribution in [3.8, 4) is 0 Å². The maximum absolute atomic E-state index is 11.6. The minimum absolute atomic E-state index is 0.104. The lowest BCUT2D eigenvalue weighted by molar-refractivity contribution is -0.117. The van der Waals surface area contributed by atoms with E-state index in [1.807, 2.05) is 20.8 Å². The summed E-state index contributed by atoms with van der Waals surface area (Å²) in [5.74, 6) is 0.104.